The molecular formula is C14H21N3O. The highest BCUT2D eigenvalue weighted by Gasteiger charge is 2.17. The number of nitrogens with zero attached hydrogens (tertiary/aromatic N) is 2. The van der Waals surface area contributed by atoms with Gasteiger partial charge in [-0.05, 0) is 25.0 Å². The molecule has 0 saturated heterocycles. The lowest BCUT2D eigenvalue weighted by Crippen LogP contribution is -2.36. The van der Waals surface area contributed by atoms with Crippen LogP contribution in [0.3, 0.4) is 0 Å². The van der Waals surface area contributed by atoms with E-state index in [2.05, 4.69) is 10.3 Å². The van der Waals surface area contributed by atoms with Gasteiger partial charge in [0.2, 0.25) is 0 Å². The molecule has 0 aromatic carbocycles. The van der Waals surface area contributed by atoms with Crippen molar-refractivity contribution < 1.29 is 4.79 Å². The van der Waals surface area contributed by atoms with E-state index >= 15 is 0 Å². The molecular weight excluding hydrogens is 226 g/mol. The van der Waals surface area contributed by atoms with Crippen LogP contribution < -0.4 is 10.2 Å². The van der Waals surface area contributed by atoms with Crippen LogP contribution in [0.15, 0.2) is 18.3 Å². The molecule has 1 aliphatic rings. The summed E-state index contributed by atoms with van der Waals surface area (Å²) in [6, 6.07) is 4.06. The molecule has 0 spiro atoms. The minimum atomic E-state index is -0.0504. The second kappa shape index (κ2) is 5.85. The fourth-order valence-electron chi connectivity index (χ4n) is 2.33. The molecule has 1 amide bonds. The van der Waals surface area contributed by atoms with Crippen LogP contribution in [0.1, 0.15) is 42.6 Å². The number of amides is 1. The van der Waals surface area contributed by atoms with E-state index < -0.39 is 0 Å². The zero-order valence-electron chi connectivity index (χ0n) is 11.1. The minimum absolute atomic E-state index is 0.0504. The molecule has 1 aromatic rings. The lowest BCUT2D eigenvalue weighted by atomic mass is 9.95. The first-order chi connectivity index (χ1) is 8.66. The van der Waals surface area contributed by atoms with E-state index in [1.165, 1.54) is 19.3 Å². The molecule has 1 aromatic heterocycles. The predicted molar refractivity (Wildman–Crippen MR) is 72.9 cm³/mol. The third kappa shape index (κ3) is 3.22. The van der Waals surface area contributed by atoms with Crippen LogP contribution in [0, 0.1) is 0 Å². The first kappa shape index (κ1) is 12.9. The number of hydrogen-bond acceptors (Lipinski definition) is 3. The Labute approximate surface area is 108 Å². The third-order valence-electron chi connectivity index (χ3n) is 3.43. The number of pyridine rings is 1. The van der Waals surface area contributed by atoms with Crippen molar-refractivity contribution in [3.05, 3.63) is 24.0 Å². The second-order valence-corrected chi connectivity index (χ2v) is 5.10. The van der Waals surface area contributed by atoms with Crippen molar-refractivity contribution >= 4 is 11.6 Å². The van der Waals surface area contributed by atoms with Crippen LogP contribution >= 0.6 is 0 Å². The van der Waals surface area contributed by atoms with Crippen LogP contribution in [0.25, 0.3) is 0 Å². The average molecular weight is 247 g/mol. The molecule has 1 fully saturated rings. The van der Waals surface area contributed by atoms with Gasteiger partial charge in [0.1, 0.15) is 5.69 Å². The lowest BCUT2D eigenvalue weighted by Gasteiger charge is -2.22. The van der Waals surface area contributed by atoms with Gasteiger partial charge in [-0.15, -0.1) is 0 Å². The third-order valence-corrected chi connectivity index (χ3v) is 3.43. The Morgan fingerprint density at radius 3 is 2.72 bits per heavy atom. The smallest absolute Gasteiger partial charge is 0.270 e. The van der Waals surface area contributed by atoms with Crippen LogP contribution in [-0.4, -0.2) is 31.0 Å². The average Bonchev–Trinajstić information content (AvgIpc) is 2.40. The Balaban J connectivity index is 2.01. The van der Waals surface area contributed by atoms with E-state index in [0.717, 1.165) is 18.5 Å². The van der Waals surface area contributed by atoms with Crippen molar-refractivity contribution in [2.45, 2.75) is 38.1 Å². The van der Waals surface area contributed by atoms with Gasteiger partial charge < -0.3 is 10.2 Å². The predicted octanol–water partition coefficient (Wildman–Crippen LogP) is 2.21. The summed E-state index contributed by atoms with van der Waals surface area (Å²) in [7, 11) is 3.91. The zero-order valence-corrected chi connectivity index (χ0v) is 11.1. The monoisotopic (exact) mass is 247 g/mol. The van der Waals surface area contributed by atoms with Gasteiger partial charge in [0.15, 0.2) is 0 Å². The molecule has 0 radical (unpaired) electrons. The number of hydrogen-bond donors (Lipinski definition) is 1. The number of carbonyl (C=O) groups excluding carboxylic acids is 1. The highest BCUT2D eigenvalue weighted by molar-refractivity contribution is 5.93. The molecule has 2 rings (SSSR count). The number of rotatable bonds is 3. The van der Waals surface area contributed by atoms with Gasteiger partial charge in [0.25, 0.3) is 5.91 Å². The number of aromatic nitrogens is 1. The Morgan fingerprint density at radius 1 is 1.33 bits per heavy atom. The summed E-state index contributed by atoms with van der Waals surface area (Å²) in [6.07, 6.45) is 7.61. The van der Waals surface area contributed by atoms with Gasteiger partial charge in [-0.1, -0.05) is 19.3 Å². The topological polar surface area (TPSA) is 45.2 Å². The highest BCUT2D eigenvalue weighted by atomic mass is 16.1. The molecule has 0 atom stereocenters. The Bertz CT molecular complexity index is 411. The van der Waals surface area contributed by atoms with Gasteiger partial charge in [0, 0.05) is 32.0 Å². The Kier molecular flexibility index (Phi) is 4.18. The molecule has 4 heteroatoms. The maximum Gasteiger partial charge on any atom is 0.270 e. The summed E-state index contributed by atoms with van der Waals surface area (Å²) in [5.41, 5.74) is 1.51. The molecule has 0 aliphatic heterocycles. The lowest BCUT2D eigenvalue weighted by molar-refractivity contribution is 0.0922. The summed E-state index contributed by atoms with van der Waals surface area (Å²) >= 11 is 0. The van der Waals surface area contributed by atoms with Crippen molar-refractivity contribution in [2.24, 2.45) is 0 Å². The van der Waals surface area contributed by atoms with Crippen molar-refractivity contribution in [2.75, 3.05) is 19.0 Å². The summed E-state index contributed by atoms with van der Waals surface area (Å²) in [5.74, 6) is -0.0504. The molecule has 4 nitrogen and oxygen atoms in total. The first-order valence-electron chi connectivity index (χ1n) is 6.61. The van der Waals surface area contributed by atoms with Crippen LogP contribution in [-0.2, 0) is 0 Å². The van der Waals surface area contributed by atoms with Crippen LogP contribution in [0.5, 0.6) is 0 Å². The molecule has 0 unspecified atom stereocenters. The largest absolute Gasteiger partial charge is 0.378 e. The summed E-state index contributed by atoms with van der Waals surface area (Å²) in [6.45, 7) is 0. The van der Waals surface area contributed by atoms with E-state index in [1.54, 1.807) is 6.20 Å². The van der Waals surface area contributed by atoms with Crippen molar-refractivity contribution in [3.63, 3.8) is 0 Å². The van der Waals surface area contributed by atoms with E-state index in [9.17, 15) is 4.79 Å². The summed E-state index contributed by atoms with van der Waals surface area (Å²) in [4.78, 5) is 18.2. The van der Waals surface area contributed by atoms with E-state index in [1.807, 2.05) is 31.1 Å². The molecule has 98 valence electrons. The summed E-state index contributed by atoms with van der Waals surface area (Å²) < 4.78 is 0. The van der Waals surface area contributed by atoms with E-state index in [-0.39, 0.29) is 5.91 Å². The molecule has 1 N–H and O–H groups in total. The van der Waals surface area contributed by atoms with Crippen LogP contribution in [0.4, 0.5) is 5.69 Å². The van der Waals surface area contributed by atoms with Crippen molar-refractivity contribution in [1.82, 2.24) is 10.3 Å². The number of nitrogens with one attached hydrogen (secondary N) is 1. The van der Waals surface area contributed by atoms with Gasteiger partial charge >= 0.3 is 0 Å². The van der Waals surface area contributed by atoms with E-state index in [0.29, 0.717) is 11.7 Å². The highest BCUT2D eigenvalue weighted by Crippen LogP contribution is 2.18. The molecule has 1 saturated carbocycles. The molecule has 0 bridgehead atoms. The van der Waals surface area contributed by atoms with Crippen molar-refractivity contribution in [3.8, 4) is 0 Å². The quantitative estimate of drug-likeness (QED) is 0.890. The number of anilines is 1. The van der Waals surface area contributed by atoms with Gasteiger partial charge in [0.05, 0.1) is 0 Å². The molecule has 18 heavy (non-hydrogen) atoms. The fourth-order valence-corrected chi connectivity index (χ4v) is 2.33. The fraction of sp³-hybridized carbons (Fsp3) is 0.571. The van der Waals surface area contributed by atoms with Gasteiger partial charge in [-0.2, -0.15) is 0 Å². The standard InChI is InChI=1S/C14H21N3O/c1-17(2)12-8-9-15-13(10-12)14(18)16-11-6-4-3-5-7-11/h8-11H,3-7H2,1-2H3,(H,16,18). The molecule has 1 aliphatic carbocycles. The summed E-state index contributed by atoms with van der Waals surface area (Å²) in [5, 5.41) is 3.08. The van der Waals surface area contributed by atoms with Crippen LogP contribution in [0.2, 0.25) is 0 Å². The minimum Gasteiger partial charge on any atom is -0.378 e. The SMILES string of the molecule is CN(C)c1ccnc(C(=O)NC2CCCCC2)c1. The first-order valence-corrected chi connectivity index (χ1v) is 6.61. The van der Waals surface area contributed by atoms with Crippen molar-refractivity contribution in [1.29, 1.82) is 0 Å². The second-order valence-electron chi connectivity index (χ2n) is 5.10. The Morgan fingerprint density at radius 2 is 2.06 bits per heavy atom. The number of carbonyl (C=O) groups is 1. The van der Waals surface area contributed by atoms with Gasteiger partial charge in [-0.25, -0.2) is 0 Å². The van der Waals surface area contributed by atoms with Gasteiger partial charge in [-0.3, -0.25) is 9.78 Å². The maximum absolute atomic E-state index is 12.1. The molecule has 1 heterocycles. The zero-order chi connectivity index (χ0) is 13.0. The normalized spacial score (nSPS) is 16.3. The maximum atomic E-state index is 12.1. The van der Waals surface area contributed by atoms with E-state index in [4.69, 9.17) is 0 Å². The Hall–Kier alpha value is -1.58.